The lowest BCUT2D eigenvalue weighted by Gasteiger charge is -2.34. The van der Waals surface area contributed by atoms with Crippen LogP contribution >= 0.6 is 22.6 Å². The summed E-state index contributed by atoms with van der Waals surface area (Å²) in [6.07, 6.45) is 2.48. The third-order valence-electron chi connectivity index (χ3n) is 2.19. The Morgan fingerprint density at radius 1 is 1.60 bits per heavy atom. The first-order chi connectivity index (χ1) is 4.74. The molecule has 2 atom stereocenters. The number of hydrogen-bond donors (Lipinski definition) is 1. The number of likely N-dealkylation sites (N-methyl/N-ethyl adjacent to an activating group) is 1. The van der Waals surface area contributed by atoms with E-state index >= 15 is 0 Å². The highest BCUT2D eigenvalue weighted by Crippen LogP contribution is 2.15. The van der Waals surface area contributed by atoms with Gasteiger partial charge in [-0.25, -0.2) is 0 Å². The van der Waals surface area contributed by atoms with E-state index in [4.69, 9.17) is 5.73 Å². The summed E-state index contributed by atoms with van der Waals surface area (Å²) < 4.78 is 1.24. The molecular weight excluding hydrogens is 239 g/mol. The van der Waals surface area contributed by atoms with Gasteiger partial charge in [0.2, 0.25) is 0 Å². The van der Waals surface area contributed by atoms with Crippen LogP contribution in [0.25, 0.3) is 0 Å². The second-order valence-electron chi connectivity index (χ2n) is 3.09. The van der Waals surface area contributed by atoms with Crippen LogP contribution in [0.4, 0.5) is 0 Å². The first-order valence-electron chi connectivity index (χ1n) is 3.76. The van der Waals surface area contributed by atoms with E-state index in [2.05, 4.69) is 34.5 Å². The van der Waals surface area contributed by atoms with Gasteiger partial charge >= 0.3 is 0 Å². The molecule has 1 aliphatic heterocycles. The molecule has 0 saturated carbocycles. The maximum absolute atomic E-state index is 5.80. The van der Waals surface area contributed by atoms with Crippen LogP contribution in [-0.4, -0.2) is 35.0 Å². The predicted molar refractivity (Wildman–Crippen MR) is 52.5 cm³/mol. The molecule has 60 valence electrons. The van der Waals surface area contributed by atoms with Gasteiger partial charge < -0.3 is 10.6 Å². The highest BCUT2D eigenvalue weighted by atomic mass is 127. The summed E-state index contributed by atoms with van der Waals surface area (Å²) in [5.74, 6) is 0. The van der Waals surface area contributed by atoms with Crippen LogP contribution in [-0.2, 0) is 0 Å². The molecule has 1 rings (SSSR count). The number of nitrogens with zero attached hydrogens (tertiary/aromatic N) is 1. The first-order valence-corrected chi connectivity index (χ1v) is 5.28. The van der Waals surface area contributed by atoms with Crippen LogP contribution < -0.4 is 5.73 Å². The molecule has 0 aromatic carbocycles. The monoisotopic (exact) mass is 254 g/mol. The van der Waals surface area contributed by atoms with E-state index in [9.17, 15) is 0 Å². The number of rotatable bonds is 1. The Morgan fingerprint density at radius 2 is 2.30 bits per heavy atom. The zero-order valence-electron chi connectivity index (χ0n) is 6.39. The van der Waals surface area contributed by atoms with E-state index < -0.39 is 0 Å². The largest absolute Gasteiger partial charge is 0.327 e. The molecule has 10 heavy (non-hydrogen) atoms. The summed E-state index contributed by atoms with van der Waals surface area (Å²) >= 11 is 2.45. The molecule has 3 heteroatoms. The van der Waals surface area contributed by atoms with E-state index in [-0.39, 0.29) is 0 Å². The molecule has 2 nitrogen and oxygen atoms in total. The SMILES string of the molecule is CN1CC(N)CCC1CI. The van der Waals surface area contributed by atoms with Gasteiger partial charge in [-0.05, 0) is 19.9 Å². The predicted octanol–water partition coefficient (Wildman–Crippen LogP) is 0.843. The maximum atomic E-state index is 5.80. The van der Waals surface area contributed by atoms with Gasteiger partial charge in [-0.1, -0.05) is 22.6 Å². The number of halogens is 1. The molecule has 0 spiro atoms. The fraction of sp³-hybridized carbons (Fsp3) is 1.00. The van der Waals surface area contributed by atoms with Gasteiger partial charge in [-0.3, -0.25) is 0 Å². The zero-order valence-corrected chi connectivity index (χ0v) is 8.54. The molecule has 1 saturated heterocycles. The molecular formula is C7H15IN2. The van der Waals surface area contributed by atoms with Crippen molar-refractivity contribution in [1.29, 1.82) is 0 Å². The van der Waals surface area contributed by atoms with Gasteiger partial charge in [-0.2, -0.15) is 0 Å². The molecule has 2 N–H and O–H groups in total. The lowest BCUT2D eigenvalue weighted by Crippen LogP contribution is -2.47. The zero-order chi connectivity index (χ0) is 7.56. The molecule has 1 heterocycles. The minimum atomic E-state index is 0.421. The van der Waals surface area contributed by atoms with Gasteiger partial charge in [-0.15, -0.1) is 0 Å². The summed E-state index contributed by atoms with van der Waals surface area (Å²) in [4.78, 5) is 2.38. The van der Waals surface area contributed by atoms with Crippen molar-refractivity contribution in [2.75, 3.05) is 18.0 Å². The normalized spacial score (nSPS) is 36.3. The molecule has 1 aliphatic rings. The number of nitrogens with two attached hydrogens (primary N) is 1. The topological polar surface area (TPSA) is 29.3 Å². The number of likely N-dealkylation sites (tertiary alicyclic amines) is 1. The Labute approximate surface area is 76.3 Å². The number of alkyl halides is 1. The van der Waals surface area contributed by atoms with Crippen LogP contribution in [0.5, 0.6) is 0 Å². The lowest BCUT2D eigenvalue weighted by atomic mass is 10.0. The molecule has 0 radical (unpaired) electrons. The van der Waals surface area contributed by atoms with Crippen LogP contribution in [0.3, 0.4) is 0 Å². The second kappa shape index (κ2) is 3.88. The fourth-order valence-corrected chi connectivity index (χ4v) is 2.54. The molecule has 1 fully saturated rings. The molecule has 0 amide bonds. The highest BCUT2D eigenvalue weighted by molar-refractivity contribution is 14.1. The van der Waals surface area contributed by atoms with Gasteiger partial charge in [0.05, 0.1) is 0 Å². The fourth-order valence-electron chi connectivity index (χ4n) is 1.43. The molecule has 0 aliphatic carbocycles. The summed E-state index contributed by atoms with van der Waals surface area (Å²) in [5, 5.41) is 0. The van der Waals surface area contributed by atoms with Crippen LogP contribution in [0.15, 0.2) is 0 Å². The Morgan fingerprint density at radius 3 is 2.80 bits per heavy atom. The number of piperidine rings is 1. The Balaban J connectivity index is 2.36. The minimum absolute atomic E-state index is 0.421. The van der Waals surface area contributed by atoms with Crippen molar-refractivity contribution in [1.82, 2.24) is 4.90 Å². The Bertz CT molecular complexity index is 108. The average molecular weight is 254 g/mol. The van der Waals surface area contributed by atoms with E-state index in [1.54, 1.807) is 0 Å². The minimum Gasteiger partial charge on any atom is -0.327 e. The summed E-state index contributed by atoms with van der Waals surface area (Å²) in [5.41, 5.74) is 5.80. The van der Waals surface area contributed by atoms with Crippen molar-refractivity contribution in [3.05, 3.63) is 0 Å². The van der Waals surface area contributed by atoms with Gasteiger partial charge in [0, 0.05) is 23.1 Å². The lowest BCUT2D eigenvalue weighted by molar-refractivity contribution is 0.187. The molecule has 0 bridgehead atoms. The van der Waals surface area contributed by atoms with Crippen molar-refractivity contribution in [2.24, 2.45) is 5.73 Å². The van der Waals surface area contributed by atoms with Crippen LogP contribution in [0.1, 0.15) is 12.8 Å². The van der Waals surface area contributed by atoms with E-state index in [1.165, 1.54) is 17.3 Å². The molecule has 0 aromatic heterocycles. The summed E-state index contributed by atoms with van der Waals surface area (Å²) in [6.45, 7) is 1.08. The third-order valence-corrected chi connectivity index (χ3v) is 3.21. The van der Waals surface area contributed by atoms with E-state index in [0.29, 0.717) is 6.04 Å². The molecule has 2 unspecified atom stereocenters. The number of hydrogen-bond acceptors (Lipinski definition) is 2. The van der Waals surface area contributed by atoms with E-state index in [0.717, 1.165) is 12.6 Å². The smallest absolute Gasteiger partial charge is 0.0183 e. The van der Waals surface area contributed by atoms with Crippen molar-refractivity contribution < 1.29 is 0 Å². The highest BCUT2D eigenvalue weighted by Gasteiger charge is 2.21. The summed E-state index contributed by atoms with van der Waals surface area (Å²) in [7, 11) is 2.17. The Hall–Kier alpha value is 0.650. The van der Waals surface area contributed by atoms with Gasteiger partial charge in [0.25, 0.3) is 0 Å². The first kappa shape index (κ1) is 8.74. The second-order valence-corrected chi connectivity index (χ2v) is 3.97. The maximum Gasteiger partial charge on any atom is 0.0183 e. The Kier molecular flexibility index (Phi) is 3.39. The van der Waals surface area contributed by atoms with Gasteiger partial charge in [0.15, 0.2) is 0 Å². The van der Waals surface area contributed by atoms with Crippen molar-refractivity contribution in [3.8, 4) is 0 Å². The van der Waals surface area contributed by atoms with Crippen molar-refractivity contribution in [2.45, 2.75) is 24.9 Å². The standard InChI is InChI=1S/C7H15IN2/c1-10-5-6(9)2-3-7(10)4-8/h6-7H,2-5,9H2,1H3. The quantitative estimate of drug-likeness (QED) is 0.555. The van der Waals surface area contributed by atoms with Crippen molar-refractivity contribution >= 4 is 22.6 Å². The van der Waals surface area contributed by atoms with Crippen molar-refractivity contribution in [3.63, 3.8) is 0 Å². The molecule has 0 aromatic rings. The van der Waals surface area contributed by atoms with Crippen LogP contribution in [0, 0.1) is 0 Å². The average Bonchev–Trinajstić information content (AvgIpc) is 1.88. The van der Waals surface area contributed by atoms with E-state index in [1.807, 2.05) is 0 Å². The van der Waals surface area contributed by atoms with Gasteiger partial charge in [0.1, 0.15) is 0 Å². The third kappa shape index (κ3) is 2.07. The van der Waals surface area contributed by atoms with Crippen LogP contribution in [0.2, 0.25) is 0 Å². The summed E-state index contributed by atoms with van der Waals surface area (Å²) in [6, 6.07) is 1.20.